The van der Waals surface area contributed by atoms with Crippen LogP contribution in [-0.2, 0) is 0 Å². The number of aromatic nitrogens is 1. The molecule has 0 spiro atoms. The van der Waals surface area contributed by atoms with Crippen LogP contribution in [0.15, 0.2) is 10.6 Å². The Bertz CT molecular complexity index is 519. The Labute approximate surface area is 144 Å². The van der Waals surface area contributed by atoms with Crippen molar-refractivity contribution in [3.8, 4) is 0 Å². The van der Waals surface area contributed by atoms with Gasteiger partial charge in [-0.1, -0.05) is 25.9 Å². The highest BCUT2D eigenvalue weighted by Gasteiger charge is 2.34. The van der Waals surface area contributed by atoms with Gasteiger partial charge in [-0.15, -0.1) is 0 Å². The molecule has 24 heavy (non-hydrogen) atoms. The Balaban J connectivity index is 1.52. The number of hydrogen-bond acceptors (Lipinski definition) is 5. The Morgan fingerprint density at radius 1 is 1.21 bits per heavy atom. The summed E-state index contributed by atoms with van der Waals surface area (Å²) >= 11 is 0. The van der Waals surface area contributed by atoms with Gasteiger partial charge in [0.25, 0.3) is 0 Å². The van der Waals surface area contributed by atoms with Crippen LogP contribution < -0.4 is 10.2 Å². The van der Waals surface area contributed by atoms with Gasteiger partial charge in [0.05, 0.1) is 0 Å². The standard InChI is InChI=1S/C18H31FN4O/c1-14(2)15(3)16-12-17(21-24-16)23-10-8-22(9-11-23)13-18(19)4-6-20-7-5-18/h12,14-15,20H,4-11,13H2,1-3H3. The average Bonchev–Trinajstić information content (AvgIpc) is 3.05. The van der Waals surface area contributed by atoms with Gasteiger partial charge in [0.15, 0.2) is 5.82 Å². The molecular weight excluding hydrogens is 307 g/mol. The van der Waals surface area contributed by atoms with Crippen molar-refractivity contribution >= 4 is 5.82 Å². The molecule has 6 heteroatoms. The van der Waals surface area contributed by atoms with Crippen molar-refractivity contribution in [1.29, 1.82) is 0 Å². The number of piperazine rings is 1. The largest absolute Gasteiger partial charge is 0.359 e. The summed E-state index contributed by atoms with van der Waals surface area (Å²) in [4.78, 5) is 4.52. The number of piperidine rings is 1. The smallest absolute Gasteiger partial charge is 0.172 e. The van der Waals surface area contributed by atoms with E-state index >= 15 is 0 Å². The zero-order chi connectivity index (χ0) is 17.2. The van der Waals surface area contributed by atoms with E-state index in [1.807, 2.05) is 0 Å². The van der Waals surface area contributed by atoms with E-state index in [-0.39, 0.29) is 0 Å². The summed E-state index contributed by atoms with van der Waals surface area (Å²) in [6, 6.07) is 2.07. The number of anilines is 1. The molecule has 2 saturated heterocycles. The summed E-state index contributed by atoms with van der Waals surface area (Å²) in [5, 5.41) is 7.49. The predicted octanol–water partition coefficient (Wildman–Crippen LogP) is 2.65. The van der Waals surface area contributed by atoms with Gasteiger partial charge in [0.1, 0.15) is 11.4 Å². The molecule has 1 aromatic rings. The first-order chi connectivity index (χ1) is 11.5. The molecule has 0 bridgehead atoms. The van der Waals surface area contributed by atoms with Crippen LogP contribution in [0.2, 0.25) is 0 Å². The molecule has 0 aromatic carbocycles. The van der Waals surface area contributed by atoms with Crippen LogP contribution in [0.5, 0.6) is 0 Å². The molecule has 5 nitrogen and oxygen atoms in total. The van der Waals surface area contributed by atoms with E-state index in [1.165, 1.54) is 0 Å². The second kappa shape index (κ2) is 7.40. The fraction of sp³-hybridized carbons (Fsp3) is 0.833. The molecular formula is C18H31FN4O. The van der Waals surface area contributed by atoms with Crippen LogP contribution in [0.3, 0.4) is 0 Å². The Kier molecular flexibility index (Phi) is 5.45. The lowest BCUT2D eigenvalue weighted by molar-refractivity contribution is 0.0590. The van der Waals surface area contributed by atoms with Crippen molar-refractivity contribution in [2.75, 3.05) is 50.7 Å². The van der Waals surface area contributed by atoms with Crippen molar-refractivity contribution in [3.63, 3.8) is 0 Å². The van der Waals surface area contributed by atoms with Crippen molar-refractivity contribution in [1.82, 2.24) is 15.4 Å². The molecule has 3 heterocycles. The molecule has 136 valence electrons. The highest BCUT2D eigenvalue weighted by Crippen LogP contribution is 2.28. The number of alkyl halides is 1. The maximum absolute atomic E-state index is 14.8. The van der Waals surface area contributed by atoms with Crippen LogP contribution >= 0.6 is 0 Å². The Morgan fingerprint density at radius 2 is 1.88 bits per heavy atom. The molecule has 1 atom stereocenters. The first-order valence-corrected chi connectivity index (χ1v) is 9.30. The number of nitrogens with one attached hydrogen (secondary N) is 1. The van der Waals surface area contributed by atoms with Crippen molar-refractivity contribution in [3.05, 3.63) is 11.8 Å². The van der Waals surface area contributed by atoms with E-state index in [4.69, 9.17) is 4.52 Å². The molecule has 1 aromatic heterocycles. The van der Waals surface area contributed by atoms with Crippen LogP contribution in [0.1, 0.15) is 45.3 Å². The zero-order valence-electron chi connectivity index (χ0n) is 15.2. The van der Waals surface area contributed by atoms with Crippen molar-refractivity contribution < 1.29 is 8.91 Å². The maximum Gasteiger partial charge on any atom is 0.172 e. The third-order valence-electron chi connectivity index (χ3n) is 5.67. The summed E-state index contributed by atoms with van der Waals surface area (Å²) in [6.07, 6.45) is 1.26. The lowest BCUT2D eigenvalue weighted by atomic mass is 9.93. The lowest BCUT2D eigenvalue weighted by Crippen LogP contribution is -2.53. The molecule has 0 amide bonds. The summed E-state index contributed by atoms with van der Waals surface area (Å²) in [7, 11) is 0. The van der Waals surface area contributed by atoms with E-state index in [0.29, 0.717) is 31.2 Å². The quantitative estimate of drug-likeness (QED) is 0.894. The minimum Gasteiger partial charge on any atom is -0.359 e. The molecule has 1 unspecified atom stereocenters. The lowest BCUT2D eigenvalue weighted by Gasteiger charge is -2.39. The second-order valence-electron chi connectivity index (χ2n) is 7.78. The fourth-order valence-electron chi connectivity index (χ4n) is 3.54. The van der Waals surface area contributed by atoms with Crippen LogP contribution in [0.25, 0.3) is 0 Å². The average molecular weight is 338 g/mol. The number of hydrogen-bond donors (Lipinski definition) is 1. The van der Waals surface area contributed by atoms with Crippen LogP contribution in [-0.4, -0.2) is 61.5 Å². The van der Waals surface area contributed by atoms with Crippen molar-refractivity contribution in [2.45, 2.75) is 45.2 Å². The second-order valence-corrected chi connectivity index (χ2v) is 7.78. The number of halogens is 1. The van der Waals surface area contributed by atoms with Gasteiger partial charge in [0, 0.05) is 44.7 Å². The number of nitrogens with zero attached hydrogens (tertiary/aromatic N) is 3. The van der Waals surface area contributed by atoms with Gasteiger partial charge in [-0.25, -0.2) is 4.39 Å². The molecule has 2 fully saturated rings. The minimum absolute atomic E-state index is 0.374. The van der Waals surface area contributed by atoms with Crippen molar-refractivity contribution in [2.24, 2.45) is 5.92 Å². The summed E-state index contributed by atoms with van der Waals surface area (Å²) in [5.74, 6) is 2.79. The van der Waals surface area contributed by atoms with E-state index < -0.39 is 5.67 Å². The molecule has 0 saturated carbocycles. The third-order valence-corrected chi connectivity index (χ3v) is 5.67. The van der Waals surface area contributed by atoms with Gasteiger partial charge < -0.3 is 14.7 Å². The van der Waals surface area contributed by atoms with Crippen LogP contribution in [0, 0.1) is 5.92 Å². The van der Waals surface area contributed by atoms with Gasteiger partial charge in [-0.2, -0.15) is 0 Å². The molecule has 0 aliphatic carbocycles. The van der Waals surface area contributed by atoms with Crippen LogP contribution in [0.4, 0.5) is 10.2 Å². The summed E-state index contributed by atoms with van der Waals surface area (Å²) in [6.45, 7) is 12.3. The third kappa shape index (κ3) is 4.09. The Morgan fingerprint density at radius 3 is 2.50 bits per heavy atom. The van der Waals surface area contributed by atoms with E-state index in [1.54, 1.807) is 0 Å². The summed E-state index contributed by atoms with van der Waals surface area (Å²) < 4.78 is 20.4. The highest BCUT2D eigenvalue weighted by molar-refractivity contribution is 5.39. The van der Waals surface area contributed by atoms with Gasteiger partial charge in [0.2, 0.25) is 0 Å². The van der Waals surface area contributed by atoms with Gasteiger partial charge >= 0.3 is 0 Å². The molecule has 0 radical (unpaired) electrons. The number of rotatable bonds is 5. The van der Waals surface area contributed by atoms with Gasteiger partial charge in [-0.05, 0) is 31.8 Å². The first kappa shape index (κ1) is 17.7. The maximum atomic E-state index is 14.8. The normalized spacial score (nSPS) is 23.6. The monoisotopic (exact) mass is 338 g/mol. The van der Waals surface area contributed by atoms with E-state index in [2.05, 4.69) is 47.1 Å². The SMILES string of the molecule is CC(C)C(C)c1cc(N2CCN(CC3(F)CCNCC3)CC2)no1. The minimum atomic E-state index is -1.01. The predicted molar refractivity (Wildman–Crippen MR) is 94.4 cm³/mol. The fourth-order valence-corrected chi connectivity index (χ4v) is 3.54. The molecule has 2 aliphatic rings. The Hall–Kier alpha value is -1.14. The molecule has 3 rings (SSSR count). The first-order valence-electron chi connectivity index (χ1n) is 9.30. The molecule has 1 N–H and O–H groups in total. The van der Waals surface area contributed by atoms with E-state index in [0.717, 1.165) is 50.8 Å². The molecule has 2 aliphatic heterocycles. The summed E-state index contributed by atoms with van der Waals surface area (Å²) in [5.41, 5.74) is -1.01. The van der Waals surface area contributed by atoms with Gasteiger partial charge in [-0.3, -0.25) is 4.90 Å². The topological polar surface area (TPSA) is 44.5 Å². The highest BCUT2D eigenvalue weighted by atomic mass is 19.1. The van der Waals surface area contributed by atoms with E-state index in [9.17, 15) is 4.39 Å². The zero-order valence-corrected chi connectivity index (χ0v) is 15.2.